The molecule has 0 unspecified atom stereocenters. The predicted molar refractivity (Wildman–Crippen MR) is 103 cm³/mol. The molecule has 2 heterocycles. The Kier molecular flexibility index (Phi) is 6.09. The van der Waals surface area contributed by atoms with Crippen molar-refractivity contribution in [2.24, 2.45) is 0 Å². The van der Waals surface area contributed by atoms with Crippen molar-refractivity contribution >= 4 is 33.2 Å². The Labute approximate surface area is 156 Å². The number of hydrogen-bond acceptors (Lipinski definition) is 3. The summed E-state index contributed by atoms with van der Waals surface area (Å²) >= 11 is 5.30. The predicted octanol–water partition coefficient (Wildman–Crippen LogP) is 4.10. The van der Waals surface area contributed by atoms with Gasteiger partial charge >= 0.3 is 0 Å². The third kappa shape index (κ3) is 4.91. The molecule has 0 N–H and O–H groups in total. The molecule has 3 nitrogen and oxygen atoms in total. The minimum atomic E-state index is 0.286. The van der Waals surface area contributed by atoms with Crippen LogP contribution in [0, 0.1) is 6.92 Å². The normalized spacial score (nSPS) is 15.7. The fraction of sp³-hybridized carbons (Fsp3) is 0.421. The Balaban J connectivity index is 1.42. The van der Waals surface area contributed by atoms with Crippen molar-refractivity contribution in [3.63, 3.8) is 0 Å². The van der Waals surface area contributed by atoms with Crippen molar-refractivity contribution in [1.29, 1.82) is 0 Å². The molecule has 1 aliphatic heterocycles. The van der Waals surface area contributed by atoms with Crippen LogP contribution in [0.25, 0.3) is 0 Å². The van der Waals surface area contributed by atoms with Gasteiger partial charge in [0.1, 0.15) is 0 Å². The molecule has 24 heavy (non-hydrogen) atoms. The van der Waals surface area contributed by atoms with E-state index in [0.29, 0.717) is 6.42 Å². The molecule has 128 valence electrons. The summed E-state index contributed by atoms with van der Waals surface area (Å²) in [4.78, 5) is 18.2. The van der Waals surface area contributed by atoms with Crippen LogP contribution in [0.1, 0.15) is 22.4 Å². The van der Waals surface area contributed by atoms with E-state index in [2.05, 4.69) is 64.2 Å². The first-order valence-electron chi connectivity index (χ1n) is 8.40. The lowest BCUT2D eigenvalue weighted by molar-refractivity contribution is -0.132. The first-order valence-corrected chi connectivity index (χ1v) is 10.0. The molecule has 1 aromatic heterocycles. The van der Waals surface area contributed by atoms with E-state index >= 15 is 0 Å². The lowest BCUT2D eigenvalue weighted by Crippen LogP contribution is -2.48. The summed E-state index contributed by atoms with van der Waals surface area (Å²) in [6.45, 7) is 6.70. The monoisotopic (exact) mass is 406 g/mol. The second-order valence-corrected chi connectivity index (χ2v) is 8.90. The summed E-state index contributed by atoms with van der Waals surface area (Å²) in [5.41, 5.74) is 2.51. The Morgan fingerprint density at radius 2 is 1.79 bits per heavy atom. The average Bonchev–Trinajstić information content (AvgIpc) is 2.99. The Hall–Kier alpha value is -1.17. The van der Waals surface area contributed by atoms with Crippen LogP contribution in [0.3, 0.4) is 0 Å². The highest BCUT2D eigenvalue weighted by Crippen LogP contribution is 2.23. The minimum absolute atomic E-state index is 0.286. The van der Waals surface area contributed by atoms with Crippen molar-refractivity contribution in [1.82, 2.24) is 9.80 Å². The topological polar surface area (TPSA) is 23.6 Å². The summed E-state index contributed by atoms with van der Waals surface area (Å²) in [5.74, 6) is 0.286. The van der Waals surface area contributed by atoms with Crippen LogP contribution < -0.4 is 0 Å². The van der Waals surface area contributed by atoms with E-state index in [0.717, 1.165) is 39.1 Å². The summed E-state index contributed by atoms with van der Waals surface area (Å²) < 4.78 is 1.18. The average molecular weight is 407 g/mol. The van der Waals surface area contributed by atoms with Crippen LogP contribution in [-0.4, -0.2) is 41.9 Å². The highest BCUT2D eigenvalue weighted by atomic mass is 79.9. The van der Waals surface area contributed by atoms with Crippen molar-refractivity contribution < 1.29 is 4.79 Å². The molecule has 0 aliphatic carbocycles. The molecule has 0 radical (unpaired) electrons. The lowest BCUT2D eigenvalue weighted by Gasteiger charge is -2.34. The molecule has 1 aromatic carbocycles. The lowest BCUT2D eigenvalue weighted by atomic mass is 10.1. The van der Waals surface area contributed by atoms with Gasteiger partial charge in [-0.15, -0.1) is 11.3 Å². The molecule has 0 saturated carbocycles. The number of amides is 1. The fourth-order valence-electron chi connectivity index (χ4n) is 2.98. The highest BCUT2D eigenvalue weighted by Gasteiger charge is 2.21. The van der Waals surface area contributed by atoms with Crippen molar-refractivity contribution in [3.05, 3.63) is 56.2 Å². The molecule has 1 amide bonds. The van der Waals surface area contributed by atoms with E-state index in [4.69, 9.17) is 0 Å². The largest absolute Gasteiger partial charge is 0.340 e. The van der Waals surface area contributed by atoms with E-state index in [9.17, 15) is 4.79 Å². The zero-order valence-electron chi connectivity index (χ0n) is 14.0. The maximum Gasteiger partial charge on any atom is 0.222 e. The molecule has 1 aliphatic rings. The van der Waals surface area contributed by atoms with E-state index in [1.54, 1.807) is 11.3 Å². The molecule has 1 fully saturated rings. The van der Waals surface area contributed by atoms with Gasteiger partial charge in [0.15, 0.2) is 0 Å². The smallest absolute Gasteiger partial charge is 0.222 e. The second-order valence-electron chi connectivity index (χ2n) is 6.35. The maximum absolute atomic E-state index is 12.4. The summed E-state index contributed by atoms with van der Waals surface area (Å²) in [5, 5.41) is 0. The van der Waals surface area contributed by atoms with Gasteiger partial charge in [0.2, 0.25) is 5.91 Å². The third-order valence-corrected chi connectivity index (χ3v) is 6.09. The first kappa shape index (κ1) is 17.6. The molecule has 3 rings (SSSR count). The highest BCUT2D eigenvalue weighted by molar-refractivity contribution is 9.11. The Morgan fingerprint density at radius 1 is 1.08 bits per heavy atom. The van der Waals surface area contributed by atoms with Crippen LogP contribution in [0.2, 0.25) is 0 Å². The zero-order valence-corrected chi connectivity index (χ0v) is 16.4. The van der Waals surface area contributed by atoms with Gasteiger partial charge in [-0.3, -0.25) is 9.69 Å². The van der Waals surface area contributed by atoms with Crippen LogP contribution in [-0.2, 0) is 17.8 Å². The number of aryl methyl sites for hydroxylation is 2. The molecule has 5 heteroatoms. The van der Waals surface area contributed by atoms with Gasteiger partial charge in [0.25, 0.3) is 0 Å². The standard InChI is InChI=1S/C19H23BrN2OS/c1-15-2-4-16(5-3-15)6-9-19(23)22-12-10-21(11-13-22)14-17-7-8-18(20)24-17/h2-5,7-8H,6,9-14H2,1H3. The first-order chi connectivity index (χ1) is 11.6. The van der Waals surface area contributed by atoms with Gasteiger partial charge in [-0.05, 0) is 47.0 Å². The number of nitrogens with zero attached hydrogens (tertiary/aromatic N) is 2. The summed E-state index contributed by atoms with van der Waals surface area (Å²) in [7, 11) is 0. The minimum Gasteiger partial charge on any atom is -0.340 e. The van der Waals surface area contributed by atoms with E-state index in [-0.39, 0.29) is 5.91 Å². The Morgan fingerprint density at radius 3 is 2.42 bits per heavy atom. The van der Waals surface area contributed by atoms with E-state index in [1.807, 2.05) is 4.90 Å². The van der Waals surface area contributed by atoms with Gasteiger partial charge in [-0.1, -0.05) is 29.8 Å². The molecule has 2 aromatic rings. The van der Waals surface area contributed by atoms with Crippen LogP contribution in [0.4, 0.5) is 0 Å². The summed E-state index contributed by atoms with van der Waals surface area (Å²) in [6, 6.07) is 12.8. The quantitative estimate of drug-likeness (QED) is 0.745. The molecular formula is C19H23BrN2OS. The number of thiophene rings is 1. The number of benzene rings is 1. The van der Waals surface area contributed by atoms with Gasteiger partial charge in [0.05, 0.1) is 3.79 Å². The van der Waals surface area contributed by atoms with E-state index < -0.39 is 0 Å². The van der Waals surface area contributed by atoms with Crippen molar-refractivity contribution in [2.75, 3.05) is 26.2 Å². The van der Waals surface area contributed by atoms with Crippen molar-refractivity contribution in [3.8, 4) is 0 Å². The van der Waals surface area contributed by atoms with Gasteiger partial charge in [0, 0.05) is 44.0 Å². The van der Waals surface area contributed by atoms with Crippen LogP contribution >= 0.6 is 27.3 Å². The fourth-order valence-corrected chi connectivity index (χ4v) is 4.50. The number of hydrogen-bond donors (Lipinski definition) is 0. The van der Waals surface area contributed by atoms with Crippen LogP contribution in [0.15, 0.2) is 40.2 Å². The maximum atomic E-state index is 12.4. The SMILES string of the molecule is Cc1ccc(CCC(=O)N2CCN(Cc3ccc(Br)s3)CC2)cc1. The number of halogens is 1. The number of carbonyl (C=O) groups excluding carboxylic acids is 1. The molecule has 0 spiro atoms. The van der Waals surface area contributed by atoms with Gasteiger partial charge in [-0.2, -0.15) is 0 Å². The zero-order chi connectivity index (χ0) is 16.9. The number of carbonyl (C=O) groups is 1. The van der Waals surface area contributed by atoms with E-state index in [1.165, 1.54) is 19.8 Å². The Bertz CT molecular complexity index is 675. The van der Waals surface area contributed by atoms with Crippen molar-refractivity contribution in [2.45, 2.75) is 26.3 Å². The van der Waals surface area contributed by atoms with Gasteiger partial charge < -0.3 is 4.90 Å². The number of piperazine rings is 1. The third-order valence-electron chi connectivity index (χ3n) is 4.48. The molecule has 1 saturated heterocycles. The second kappa shape index (κ2) is 8.28. The summed E-state index contributed by atoms with van der Waals surface area (Å²) in [6.07, 6.45) is 1.45. The molecule has 0 bridgehead atoms. The number of rotatable bonds is 5. The van der Waals surface area contributed by atoms with Gasteiger partial charge in [-0.25, -0.2) is 0 Å². The molecular weight excluding hydrogens is 384 g/mol. The molecule has 0 atom stereocenters. The van der Waals surface area contributed by atoms with Crippen LogP contribution in [0.5, 0.6) is 0 Å².